The zero-order chi connectivity index (χ0) is 39.7. The summed E-state index contributed by atoms with van der Waals surface area (Å²) in [4.78, 5) is 16.2. The van der Waals surface area contributed by atoms with Crippen molar-refractivity contribution in [2.24, 2.45) is 0 Å². The summed E-state index contributed by atoms with van der Waals surface area (Å²) in [5.74, 6) is 1.65. The van der Waals surface area contributed by atoms with Crippen molar-refractivity contribution in [2.75, 3.05) is 0 Å². The molecule has 60 heavy (non-hydrogen) atoms. The van der Waals surface area contributed by atoms with E-state index in [4.69, 9.17) is 19.4 Å². The van der Waals surface area contributed by atoms with E-state index in [1.165, 1.54) is 33.0 Å². The van der Waals surface area contributed by atoms with Gasteiger partial charge < -0.3 is 4.42 Å². The molecule has 282 valence electrons. The second kappa shape index (κ2) is 12.1. The largest absolute Gasteiger partial charge is 0.456 e. The molecule has 0 saturated heterocycles. The lowest BCUT2D eigenvalue weighted by Crippen LogP contribution is -2.15. The molecule has 4 heterocycles. The van der Waals surface area contributed by atoms with E-state index >= 15 is 0 Å². The Morgan fingerprint density at radius 3 is 1.78 bits per heavy atom. The molecule has 1 aliphatic rings. The third-order valence-electron chi connectivity index (χ3n) is 12.8. The molecule has 0 bridgehead atoms. The summed E-state index contributed by atoms with van der Waals surface area (Å²) in [6.45, 7) is 4.70. The number of furan rings is 1. The van der Waals surface area contributed by atoms with Crippen LogP contribution in [-0.2, 0) is 5.41 Å². The van der Waals surface area contributed by atoms with Crippen LogP contribution in [0.15, 0.2) is 180 Å². The van der Waals surface area contributed by atoms with E-state index in [0.717, 1.165) is 71.5 Å². The van der Waals surface area contributed by atoms with Crippen molar-refractivity contribution < 1.29 is 4.42 Å². The van der Waals surface area contributed by atoms with Crippen molar-refractivity contribution in [1.82, 2.24) is 24.1 Å². The Hall–Kier alpha value is -7.83. The van der Waals surface area contributed by atoms with E-state index in [9.17, 15) is 0 Å². The third-order valence-corrected chi connectivity index (χ3v) is 12.8. The Labute approximate surface area is 344 Å². The highest BCUT2D eigenvalue weighted by Crippen LogP contribution is 2.53. The van der Waals surface area contributed by atoms with Gasteiger partial charge in [-0.2, -0.15) is 15.0 Å². The van der Waals surface area contributed by atoms with Crippen molar-refractivity contribution >= 4 is 65.6 Å². The first kappa shape index (κ1) is 33.2. The maximum absolute atomic E-state index is 6.62. The molecule has 0 fully saturated rings. The highest BCUT2D eigenvalue weighted by atomic mass is 16.3. The summed E-state index contributed by atoms with van der Waals surface area (Å²) in [5.41, 5.74) is 14.0. The van der Waals surface area contributed by atoms with Crippen LogP contribution < -0.4 is 0 Å². The standard InChI is InChI=1S/C54H35N5O/c1-54(2)41-22-10-6-17-35(41)38-29-30-45-49(50(38)54)39-20-9-13-25-44(39)59(45)53-56-51(55-52(57-53)58-42-23-11-7-18-36(42)37-19-8-12-24-43(37)58)33-27-28-40-47(31-33)60-46-26-14-21-34(48(40)46)32-15-4-3-5-16-32/h3-31H,1-2H3. The molecular formula is C54H35N5O. The van der Waals surface area contributed by atoms with Gasteiger partial charge in [-0.3, -0.25) is 9.13 Å². The van der Waals surface area contributed by atoms with E-state index in [1.807, 2.05) is 12.1 Å². The molecule has 0 atom stereocenters. The average molecular weight is 770 g/mol. The predicted molar refractivity (Wildman–Crippen MR) is 244 cm³/mol. The van der Waals surface area contributed by atoms with E-state index in [1.54, 1.807) is 0 Å². The monoisotopic (exact) mass is 769 g/mol. The van der Waals surface area contributed by atoms with E-state index < -0.39 is 0 Å². The summed E-state index contributed by atoms with van der Waals surface area (Å²) in [6, 6.07) is 62.1. The van der Waals surface area contributed by atoms with Crippen LogP contribution >= 0.6 is 0 Å². The van der Waals surface area contributed by atoms with Crippen LogP contribution in [0.25, 0.3) is 111 Å². The highest BCUT2D eigenvalue weighted by Gasteiger charge is 2.38. The minimum atomic E-state index is -0.207. The lowest BCUT2D eigenvalue weighted by molar-refractivity contribution is 0.666. The normalized spacial score (nSPS) is 13.3. The van der Waals surface area contributed by atoms with Gasteiger partial charge >= 0.3 is 0 Å². The number of hydrogen-bond acceptors (Lipinski definition) is 4. The molecule has 13 rings (SSSR count). The van der Waals surface area contributed by atoms with Crippen molar-refractivity contribution in [3.8, 4) is 45.5 Å². The van der Waals surface area contributed by atoms with Crippen LogP contribution in [0.5, 0.6) is 0 Å². The number of aromatic nitrogens is 5. The Kier molecular flexibility index (Phi) is 6.69. The van der Waals surface area contributed by atoms with Crippen LogP contribution in [0.3, 0.4) is 0 Å². The summed E-state index contributed by atoms with van der Waals surface area (Å²) in [7, 11) is 0. The summed E-state index contributed by atoms with van der Waals surface area (Å²) >= 11 is 0. The predicted octanol–water partition coefficient (Wildman–Crippen LogP) is 13.6. The molecule has 0 unspecified atom stereocenters. The number of fused-ring (bicyclic) bond motifs is 13. The Balaban J connectivity index is 1.10. The van der Waals surface area contributed by atoms with E-state index in [0.29, 0.717) is 17.7 Å². The fourth-order valence-electron chi connectivity index (χ4n) is 10.2. The number of nitrogens with zero attached hydrogens (tertiary/aromatic N) is 5. The molecule has 0 spiro atoms. The molecule has 8 aromatic carbocycles. The van der Waals surface area contributed by atoms with E-state index in [2.05, 4.69) is 187 Å². The average Bonchev–Trinajstić information content (AvgIpc) is 4.01. The summed E-state index contributed by atoms with van der Waals surface area (Å²) in [6.07, 6.45) is 0. The smallest absolute Gasteiger partial charge is 0.240 e. The van der Waals surface area contributed by atoms with Gasteiger partial charge in [-0.05, 0) is 75.8 Å². The SMILES string of the molecule is CC1(C)c2ccccc2-c2ccc3c(c21)c1ccccc1n3-c1nc(-c2ccc3c(c2)oc2cccc(-c4ccccc4)c23)nc(-n2c3ccccc3c3ccccc32)n1. The van der Waals surface area contributed by atoms with Gasteiger partial charge in [0.15, 0.2) is 5.82 Å². The molecular weight excluding hydrogens is 735 g/mol. The first-order valence-corrected chi connectivity index (χ1v) is 20.5. The summed E-state index contributed by atoms with van der Waals surface area (Å²) < 4.78 is 11.0. The Morgan fingerprint density at radius 1 is 0.417 bits per heavy atom. The molecule has 4 aromatic heterocycles. The first-order chi connectivity index (χ1) is 29.5. The van der Waals surface area contributed by atoms with Gasteiger partial charge in [0.25, 0.3) is 0 Å². The van der Waals surface area contributed by atoms with Crippen LogP contribution in [0.2, 0.25) is 0 Å². The van der Waals surface area contributed by atoms with Crippen molar-refractivity contribution in [2.45, 2.75) is 19.3 Å². The lowest BCUT2D eigenvalue weighted by Gasteiger charge is -2.22. The van der Waals surface area contributed by atoms with Crippen LogP contribution in [0.1, 0.15) is 25.0 Å². The molecule has 0 saturated carbocycles. The topological polar surface area (TPSA) is 61.7 Å². The Morgan fingerprint density at radius 2 is 1.03 bits per heavy atom. The minimum absolute atomic E-state index is 0.207. The maximum atomic E-state index is 6.62. The molecule has 1 aliphatic carbocycles. The number of rotatable bonds is 4. The fraction of sp³-hybridized carbons (Fsp3) is 0.0556. The number of benzene rings is 8. The van der Waals surface area contributed by atoms with Gasteiger partial charge in [-0.15, -0.1) is 0 Å². The maximum Gasteiger partial charge on any atom is 0.240 e. The van der Waals surface area contributed by atoms with Gasteiger partial charge in [0, 0.05) is 43.3 Å². The van der Waals surface area contributed by atoms with Crippen molar-refractivity contribution in [3.63, 3.8) is 0 Å². The van der Waals surface area contributed by atoms with Gasteiger partial charge in [0.1, 0.15) is 11.2 Å². The zero-order valence-corrected chi connectivity index (χ0v) is 32.9. The molecule has 0 radical (unpaired) electrons. The van der Waals surface area contributed by atoms with Crippen molar-refractivity contribution in [1.29, 1.82) is 0 Å². The van der Waals surface area contributed by atoms with Gasteiger partial charge in [0.2, 0.25) is 11.9 Å². The molecule has 12 aromatic rings. The lowest BCUT2D eigenvalue weighted by atomic mass is 9.80. The minimum Gasteiger partial charge on any atom is -0.456 e. The van der Waals surface area contributed by atoms with E-state index in [-0.39, 0.29) is 5.41 Å². The third kappa shape index (κ3) is 4.50. The molecule has 0 aliphatic heterocycles. The van der Waals surface area contributed by atoms with Gasteiger partial charge in [0.05, 0.1) is 22.1 Å². The van der Waals surface area contributed by atoms with Gasteiger partial charge in [-0.25, -0.2) is 0 Å². The van der Waals surface area contributed by atoms with Crippen LogP contribution in [0, 0.1) is 0 Å². The zero-order valence-electron chi connectivity index (χ0n) is 32.9. The molecule has 0 N–H and O–H groups in total. The van der Waals surface area contributed by atoms with Crippen LogP contribution in [-0.4, -0.2) is 24.1 Å². The second-order valence-corrected chi connectivity index (χ2v) is 16.4. The first-order valence-electron chi connectivity index (χ1n) is 20.5. The highest BCUT2D eigenvalue weighted by molar-refractivity contribution is 6.15. The molecule has 0 amide bonds. The Bertz CT molecular complexity index is 3700. The fourth-order valence-corrected chi connectivity index (χ4v) is 10.2. The molecule has 6 heteroatoms. The molecule has 6 nitrogen and oxygen atoms in total. The number of hydrogen-bond donors (Lipinski definition) is 0. The quantitative estimate of drug-likeness (QED) is 0.179. The van der Waals surface area contributed by atoms with Crippen LogP contribution in [0.4, 0.5) is 0 Å². The second-order valence-electron chi connectivity index (χ2n) is 16.4. The van der Waals surface area contributed by atoms with Crippen molar-refractivity contribution in [3.05, 3.63) is 187 Å². The van der Waals surface area contributed by atoms with Gasteiger partial charge in [-0.1, -0.05) is 147 Å². The number of para-hydroxylation sites is 3. The summed E-state index contributed by atoms with van der Waals surface area (Å²) in [5, 5.41) is 6.82.